The molecule has 0 aromatic rings. The van der Waals surface area contributed by atoms with E-state index in [1.807, 2.05) is 11.8 Å². The summed E-state index contributed by atoms with van der Waals surface area (Å²) in [5, 5.41) is 9.08. The Labute approximate surface area is 108 Å². The fraction of sp³-hybridized carbons (Fsp3) is 0.909. The third kappa shape index (κ3) is 3.93. The molecule has 1 N–H and O–H groups in total. The maximum atomic E-state index is 11.5. The van der Waals surface area contributed by atoms with E-state index in [0.717, 1.165) is 0 Å². The summed E-state index contributed by atoms with van der Waals surface area (Å²) in [6.07, 6.45) is 0. The first-order valence-corrected chi connectivity index (χ1v) is 7.98. The molecule has 2 unspecified atom stereocenters. The molecule has 0 aliphatic carbocycles. The number of hydrogen-bond acceptors (Lipinski definition) is 5. The second-order valence-corrected chi connectivity index (χ2v) is 6.89. The molecule has 0 aromatic carbocycles. The van der Waals surface area contributed by atoms with Crippen LogP contribution >= 0.6 is 0 Å². The fourth-order valence-electron chi connectivity index (χ4n) is 2.10. The van der Waals surface area contributed by atoms with Crippen molar-refractivity contribution < 1.29 is 23.1 Å². The highest BCUT2D eigenvalue weighted by atomic mass is 32.2. The number of sulfone groups is 1. The van der Waals surface area contributed by atoms with Crippen LogP contribution in [-0.4, -0.2) is 68.2 Å². The average Bonchev–Trinajstić information content (AvgIpc) is 2.79. The van der Waals surface area contributed by atoms with E-state index in [0.29, 0.717) is 19.7 Å². The van der Waals surface area contributed by atoms with Gasteiger partial charge in [0, 0.05) is 18.3 Å². The van der Waals surface area contributed by atoms with Crippen LogP contribution in [0.5, 0.6) is 0 Å². The maximum absolute atomic E-state index is 11.5. The van der Waals surface area contributed by atoms with Gasteiger partial charge < -0.3 is 9.84 Å². The second-order valence-electron chi connectivity index (χ2n) is 4.41. The minimum Gasteiger partial charge on any atom is -0.481 e. The van der Waals surface area contributed by atoms with E-state index in [1.165, 1.54) is 0 Å². The number of likely N-dealkylation sites (N-methyl/N-ethyl adjacent to an activating group) is 1. The van der Waals surface area contributed by atoms with Crippen molar-refractivity contribution in [2.24, 2.45) is 5.92 Å². The average molecular weight is 279 g/mol. The molecule has 0 spiro atoms. The second kappa shape index (κ2) is 6.49. The van der Waals surface area contributed by atoms with Crippen molar-refractivity contribution in [3.05, 3.63) is 0 Å². The molecule has 1 aliphatic rings. The molecule has 0 aromatic heterocycles. The standard InChI is InChI=1S/C11H21NO5S/c1-3-12(5-6-18(15,16)4-2)10-8-17-7-9(10)11(13)14/h9-10H,3-8H2,1-2H3,(H,13,14). The van der Waals surface area contributed by atoms with Gasteiger partial charge in [-0.2, -0.15) is 0 Å². The molecule has 1 aliphatic heterocycles. The van der Waals surface area contributed by atoms with Gasteiger partial charge in [0.2, 0.25) is 0 Å². The van der Waals surface area contributed by atoms with Crippen molar-refractivity contribution in [1.29, 1.82) is 0 Å². The Bertz CT molecular complexity index is 381. The van der Waals surface area contributed by atoms with E-state index >= 15 is 0 Å². The molecule has 7 heteroatoms. The van der Waals surface area contributed by atoms with Crippen LogP contribution in [0.3, 0.4) is 0 Å². The molecule has 1 saturated heterocycles. The molecule has 1 heterocycles. The monoisotopic (exact) mass is 279 g/mol. The Balaban J connectivity index is 2.63. The van der Waals surface area contributed by atoms with E-state index in [9.17, 15) is 13.2 Å². The van der Waals surface area contributed by atoms with Crippen LogP contribution in [0, 0.1) is 5.92 Å². The zero-order chi connectivity index (χ0) is 13.8. The first kappa shape index (κ1) is 15.4. The van der Waals surface area contributed by atoms with Crippen LogP contribution < -0.4 is 0 Å². The van der Waals surface area contributed by atoms with Crippen molar-refractivity contribution in [3.63, 3.8) is 0 Å². The third-order valence-corrected chi connectivity index (χ3v) is 5.06. The number of carbonyl (C=O) groups is 1. The lowest BCUT2D eigenvalue weighted by Crippen LogP contribution is -2.45. The quantitative estimate of drug-likeness (QED) is 0.697. The zero-order valence-corrected chi connectivity index (χ0v) is 11.6. The zero-order valence-electron chi connectivity index (χ0n) is 10.8. The number of aliphatic carboxylic acids is 1. The molecule has 0 amide bonds. The van der Waals surface area contributed by atoms with E-state index in [-0.39, 0.29) is 24.2 Å². The molecule has 2 atom stereocenters. The van der Waals surface area contributed by atoms with Gasteiger partial charge in [-0.15, -0.1) is 0 Å². The SMILES string of the molecule is CCN(CCS(=O)(=O)CC)C1COCC1C(=O)O. The smallest absolute Gasteiger partial charge is 0.310 e. The Morgan fingerprint density at radius 3 is 2.56 bits per heavy atom. The van der Waals surface area contributed by atoms with Gasteiger partial charge in [0.1, 0.15) is 0 Å². The normalized spacial score (nSPS) is 24.6. The summed E-state index contributed by atoms with van der Waals surface area (Å²) in [5.41, 5.74) is 0. The van der Waals surface area contributed by atoms with Crippen molar-refractivity contribution in [2.45, 2.75) is 19.9 Å². The summed E-state index contributed by atoms with van der Waals surface area (Å²) < 4.78 is 28.2. The number of ether oxygens (including phenoxy) is 1. The molecule has 106 valence electrons. The lowest BCUT2D eigenvalue weighted by Gasteiger charge is -2.28. The molecule has 0 bridgehead atoms. The van der Waals surface area contributed by atoms with Gasteiger partial charge in [-0.25, -0.2) is 8.42 Å². The molecular formula is C11H21NO5S. The summed E-state index contributed by atoms with van der Waals surface area (Å²) >= 11 is 0. The van der Waals surface area contributed by atoms with Crippen LogP contribution in [0.25, 0.3) is 0 Å². The van der Waals surface area contributed by atoms with Crippen LogP contribution in [-0.2, 0) is 19.4 Å². The van der Waals surface area contributed by atoms with Crippen molar-refractivity contribution >= 4 is 15.8 Å². The minimum atomic E-state index is -3.02. The maximum Gasteiger partial charge on any atom is 0.310 e. The molecule has 1 rings (SSSR count). The van der Waals surface area contributed by atoms with Crippen LogP contribution in [0.1, 0.15) is 13.8 Å². The van der Waals surface area contributed by atoms with Crippen LogP contribution in [0.2, 0.25) is 0 Å². The summed E-state index contributed by atoms with van der Waals surface area (Å²) in [6, 6.07) is -0.223. The van der Waals surface area contributed by atoms with Crippen molar-refractivity contribution in [1.82, 2.24) is 4.90 Å². The topological polar surface area (TPSA) is 83.9 Å². The minimum absolute atomic E-state index is 0.0696. The number of carboxylic acid groups (broad SMARTS) is 1. The first-order chi connectivity index (χ1) is 8.41. The highest BCUT2D eigenvalue weighted by Gasteiger charge is 2.37. The van der Waals surface area contributed by atoms with Crippen molar-refractivity contribution in [2.75, 3.05) is 37.8 Å². The van der Waals surface area contributed by atoms with Crippen molar-refractivity contribution in [3.8, 4) is 0 Å². The highest BCUT2D eigenvalue weighted by Crippen LogP contribution is 2.20. The Kier molecular flexibility index (Phi) is 5.55. The number of hydrogen-bond donors (Lipinski definition) is 1. The summed E-state index contributed by atoms with van der Waals surface area (Å²) in [6.45, 7) is 5.07. The number of nitrogens with zero attached hydrogens (tertiary/aromatic N) is 1. The molecule has 6 nitrogen and oxygen atoms in total. The Morgan fingerprint density at radius 1 is 1.39 bits per heavy atom. The van der Waals surface area contributed by atoms with Gasteiger partial charge in [-0.05, 0) is 6.54 Å². The molecular weight excluding hydrogens is 258 g/mol. The van der Waals surface area contributed by atoms with Gasteiger partial charge >= 0.3 is 5.97 Å². The van der Waals surface area contributed by atoms with E-state index in [2.05, 4.69) is 0 Å². The predicted molar refractivity (Wildman–Crippen MR) is 67.3 cm³/mol. The molecule has 0 radical (unpaired) electrons. The molecule has 1 fully saturated rings. The van der Waals surface area contributed by atoms with E-state index in [4.69, 9.17) is 9.84 Å². The van der Waals surface area contributed by atoms with E-state index in [1.54, 1.807) is 6.92 Å². The van der Waals surface area contributed by atoms with E-state index < -0.39 is 21.7 Å². The Hall–Kier alpha value is -0.660. The van der Waals surface area contributed by atoms with Gasteiger partial charge in [-0.3, -0.25) is 9.69 Å². The van der Waals surface area contributed by atoms with Crippen LogP contribution in [0.4, 0.5) is 0 Å². The summed E-state index contributed by atoms with van der Waals surface area (Å²) in [7, 11) is -3.02. The highest BCUT2D eigenvalue weighted by molar-refractivity contribution is 7.91. The Morgan fingerprint density at radius 2 is 2.06 bits per heavy atom. The van der Waals surface area contributed by atoms with Gasteiger partial charge in [0.15, 0.2) is 9.84 Å². The first-order valence-electron chi connectivity index (χ1n) is 6.16. The summed E-state index contributed by atoms with van der Waals surface area (Å²) in [5.74, 6) is -1.25. The largest absolute Gasteiger partial charge is 0.481 e. The molecule has 18 heavy (non-hydrogen) atoms. The number of carboxylic acids is 1. The lowest BCUT2D eigenvalue weighted by molar-refractivity contribution is -0.143. The lowest BCUT2D eigenvalue weighted by atomic mass is 10.0. The van der Waals surface area contributed by atoms with Gasteiger partial charge in [-0.1, -0.05) is 13.8 Å². The van der Waals surface area contributed by atoms with Gasteiger partial charge in [0.25, 0.3) is 0 Å². The summed E-state index contributed by atoms with van der Waals surface area (Å²) in [4.78, 5) is 13.0. The fourth-order valence-corrected chi connectivity index (χ4v) is 2.90. The third-order valence-electron chi connectivity index (χ3n) is 3.37. The predicted octanol–water partition coefficient (Wildman–Crippen LogP) is -0.157. The van der Waals surface area contributed by atoms with Crippen LogP contribution in [0.15, 0.2) is 0 Å². The number of rotatable bonds is 7. The van der Waals surface area contributed by atoms with Gasteiger partial charge in [0.05, 0.1) is 24.9 Å². The molecule has 0 saturated carbocycles.